The van der Waals surface area contributed by atoms with Crippen LogP contribution in [0.1, 0.15) is 42.5 Å². The molecule has 1 saturated heterocycles. The number of hydrogen-bond acceptors (Lipinski definition) is 2. The summed E-state index contributed by atoms with van der Waals surface area (Å²) in [4.78, 5) is 12.9. The smallest absolute Gasteiger partial charge is 0.142 e. The molecule has 2 fully saturated rings. The normalized spacial score (nSPS) is 31.0. The van der Waals surface area contributed by atoms with Gasteiger partial charge in [-0.2, -0.15) is 0 Å². The molecule has 4 rings (SSSR count). The summed E-state index contributed by atoms with van der Waals surface area (Å²) in [6, 6.07) is 21.2. The van der Waals surface area contributed by atoms with Crippen molar-refractivity contribution in [1.82, 2.24) is 5.32 Å². The number of piperidine rings is 1. The highest BCUT2D eigenvalue weighted by Gasteiger charge is 2.46. The number of ketones is 1. The Bertz CT molecular complexity index is 596. The van der Waals surface area contributed by atoms with Gasteiger partial charge in [0.2, 0.25) is 0 Å². The molecule has 0 spiro atoms. The van der Waals surface area contributed by atoms with E-state index in [0.717, 1.165) is 19.3 Å². The van der Waals surface area contributed by atoms with Crippen molar-refractivity contribution < 1.29 is 4.79 Å². The molecule has 2 nitrogen and oxygen atoms in total. The van der Waals surface area contributed by atoms with E-state index in [4.69, 9.17) is 0 Å². The lowest BCUT2D eigenvalue weighted by Gasteiger charge is -2.45. The molecule has 2 aliphatic rings. The zero-order valence-corrected chi connectivity index (χ0v) is 12.6. The molecule has 2 aromatic rings. The van der Waals surface area contributed by atoms with Crippen LogP contribution < -0.4 is 5.32 Å². The molecule has 1 heterocycles. The van der Waals surface area contributed by atoms with Crippen molar-refractivity contribution in [3.63, 3.8) is 0 Å². The van der Waals surface area contributed by atoms with Crippen molar-refractivity contribution in [1.29, 1.82) is 0 Å². The average molecular weight is 291 g/mol. The SMILES string of the molecule is O=C1[C@@H]2CCC[C@@H]1[C@H](c1ccccc1)N[C@@H]2c1ccccc1. The Labute approximate surface area is 131 Å². The second kappa shape index (κ2) is 5.69. The van der Waals surface area contributed by atoms with Crippen LogP contribution in [0.15, 0.2) is 60.7 Å². The van der Waals surface area contributed by atoms with Gasteiger partial charge in [-0.3, -0.25) is 4.79 Å². The third-order valence-corrected chi connectivity index (χ3v) is 5.24. The maximum atomic E-state index is 12.9. The number of fused-ring (bicyclic) bond motifs is 2. The minimum atomic E-state index is 0.140. The molecular formula is C20H21NO. The number of benzene rings is 2. The van der Waals surface area contributed by atoms with Crippen molar-refractivity contribution in [3.8, 4) is 0 Å². The summed E-state index contributed by atoms with van der Waals surface area (Å²) >= 11 is 0. The van der Waals surface area contributed by atoms with Gasteiger partial charge in [0, 0.05) is 23.9 Å². The van der Waals surface area contributed by atoms with Gasteiger partial charge in [0.1, 0.15) is 5.78 Å². The summed E-state index contributed by atoms with van der Waals surface area (Å²) in [5, 5.41) is 3.80. The van der Waals surface area contributed by atoms with Crippen molar-refractivity contribution in [2.75, 3.05) is 0 Å². The number of hydrogen-bond donors (Lipinski definition) is 1. The molecule has 2 aromatic carbocycles. The molecule has 2 bridgehead atoms. The summed E-state index contributed by atoms with van der Waals surface area (Å²) in [6.45, 7) is 0. The summed E-state index contributed by atoms with van der Waals surface area (Å²) in [6.07, 6.45) is 3.20. The first-order valence-electron chi connectivity index (χ1n) is 8.24. The summed E-state index contributed by atoms with van der Waals surface area (Å²) < 4.78 is 0. The van der Waals surface area contributed by atoms with Gasteiger partial charge in [0.25, 0.3) is 0 Å². The third-order valence-electron chi connectivity index (χ3n) is 5.24. The van der Waals surface area contributed by atoms with Gasteiger partial charge in [-0.1, -0.05) is 67.1 Å². The number of carbonyl (C=O) groups is 1. The third kappa shape index (κ3) is 2.28. The molecule has 1 saturated carbocycles. The number of carbonyl (C=O) groups excluding carboxylic acids is 1. The molecule has 4 atom stereocenters. The largest absolute Gasteiger partial charge is 0.302 e. The molecule has 1 aliphatic carbocycles. The molecule has 2 heteroatoms. The van der Waals surface area contributed by atoms with Crippen LogP contribution in [0.25, 0.3) is 0 Å². The van der Waals surface area contributed by atoms with E-state index >= 15 is 0 Å². The maximum Gasteiger partial charge on any atom is 0.142 e. The average Bonchev–Trinajstić information content (AvgIpc) is 2.57. The summed E-state index contributed by atoms with van der Waals surface area (Å²) in [7, 11) is 0. The predicted octanol–water partition coefficient (Wildman–Crippen LogP) is 4.06. The monoisotopic (exact) mass is 291 g/mol. The summed E-state index contributed by atoms with van der Waals surface area (Å²) in [5.74, 6) is 0.745. The lowest BCUT2D eigenvalue weighted by Crippen LogP contribution is -2.50. The van der Waals surface area contributed by atoms with Crippen LogP contribution in [-0.2, 0) is 4.79 Å². The molecule has 0 radical (unpaired) electrons. The van der Waals surface area contributed by atoms with Gasteiger partial charge in [0.15, 0.2) is 0 Å². The number of Topliss-reactive ketones (excluding diaryl/α,β-unsaturated/α-hetero) is 1. The van der Waals surface area contributed by atoms with Gasteiger partial charge in [-0.25, -0.2) is 0 Å². The van der Waals surface area contributed by atoms with Crippen molar-refractivity contribution in [2.24, 2.45) is 11.8 Å². The van der Waals surface area contributed by atoms with Crippen LogP contribution in [0.3, 0.4) is 0 Å². The highest BCUT2D eigenvalue weighted by Crippen LogP contribution is 2.45. The molecule has 0 unspecified atom stereocenters. The molecule has 0 amide bonds. The standard InChI is InChI=1S/C20H21NO/c22-20-16-12-7-13-17(20)19(15-10-5-2-6-11-15)21-18(16)14-8-3-1-4-9-14/h1-6,8-11,16-19,21H,7,12-13H2/t16-,17-,18-,19+/m1/s1. The Morgan fingerprint density at radius 1 is 0.727 bits per heavy atom. The Hall–Kier alpha value is -1.93. The number of nitrogens with one attached hydrogen (secondary N) is 1. The fourth-order valence-corrected chi connectivity index (χ4v) is 4.18. The van der Waals surface area contributed by atoms with Crippen molar-refractivity contribution >= 4 is 5.78 Å². The summed E-state index contributed by atoms with van der Waals surface area (Å²) in [5.41, 5.74) is 2.48. The van der Waals surface area contributed by atoms with Crippen LogP contribution in [0.4, 0.5) is 0 Å². The quantitative estimate of drug-likeness (QED) is 0.904. The van der Waals surface area contributed by atoms with Gasteiger partial charge < -0.3 is 5.32 Å². The molecular weight excluding hydrogens is 270 g/mol. The van der Waals surface area contributed by atoms with Gasteiger partial charge in [-0.15, -0.1) is 0 Å². The second-order valence-electron chi connectivity index (χ2n) is 6.49. The Morgan fingerprint density at radius 2 is 1.18 bits per heavy atom. The van der Waals surface area contributed by atoms with E-state index < -0.39 is 0 Å². The van der Waals surface area contributed by atoms with E-state index in [-0.39, 0.29) is 23.9 Å². The molecule has 0 aromatic heterocycles. The zero-order valence-electron chi connectivity index (χ0n) is 12.6. The predicted molar refractivity (Wildman–Crippen MR) is 87.3 cm³/mol. The zero-order chi connectivity index (χ0) is 14.9. The van der Waals surface area contributed by atoms with E-state index in [0.29, 0.717) is 5.78 Å². The highest BCUT2D eigenvalue weighted by molar-refractivity contribution is 5.86. The van der Waals surface area contributed by atoms with E-state index in [1.54, 1.807) is 0 Å². The van der Waals surface area contributed by atoms with E-state index in [1.165, 1.54) is 11.1 Å². The van der Waals surface area contributed by atoms with Crippen molar-refractivity contribution in [3.05, 3.63) is 71.8 Å². The van der Waals surface area contributed by atoms with E-state index in [1.807, 2.05) is 12.1 Å². The molecule has 112 valence electrons. The minimum Gasteiger partial charge on any atom is -0.302 e. The van der Waals surface area contributed by atoms with E-state index in [9.17, 15) is 4.79 Å². The van der Waals surface area contributed by atoms with Crippen LogP contribution in [0, 0.1) is 11.8 Å². The topological polar surface area (TPSA) is 29.1 Å². The Kier molecular flexibility index (Phi) is 3.55. The first-order chi connectivity index (χ1) is 10.8. The van der Waals surface area contributed by atoms with Crippen LogP contribution in [0.5, 0.6) is 0 Å². The van der Waals surface area contributed by atoms with Crippen LogP contribution in [0.2, 0.25) is 0 Å². The van der Waals surface area contributed by atoms with Gasteiger partial charge >= 0.3 is 0 Å². The second-order valence-corrected chi connectivity index (χ2v) is 6.49. The lowest BCUT2D eigenvalue weighted by atomic mass is 9.67. The minimum absolute atomic E-state index is 0.140. The van der Waals surface area contributed by atoms with Crippen molar-refractivity contribution in [2.45, 2.75) is 31.3 Å². The van der Waals surface area contributed by atoms with E-state index in [2.05, 4.69) is 53.8 Å². The van der Waals surface area contributed by atoms with Gasteiger partial charge in [-0.05, 0) is 24.0 Å². The maximum absolute atomic E-state index is 12.9. The Morgan fingerprint density at radius 3 is 1.64 bits per heavy atom. The van der Waals surface area contributed by atoms with Gasteiger partial charge in [0.05, 0.1) is 0 Å². The lowest BCUT2D eigenvalue weighted by molar-refractivity contribution is -0.135. The van der Waals surface area contributed by atoms with Crippen LogP contribution in [-0.4, -0.2) is 5.78 Å². The fourth-order valence-electron chi connectivity index (χ4n) is 4.18. The number of rotatable bonds is 2. The molecule has 1 N–H and O–H groups in total. The first-order valence-corrected chi connectivity index (χ1v) is 8.24. The molecule has 1 aliphatic heterocycles. The fraction of sp³-hybridized carbons (Fsp3) is 0.350. The van der Waals surface area contributed by atoms with Crippen LogP contribution >= 0.6 is 0 Å². The Balaban J connectivity index is 1.73. The highest BCUT2D eigenvalue weighted by atomic mass is 16.1. The first kappa shape index (κ1) is 13.7. The molecule has 22 heavy (non-hydrogen) atoms.